The first kappa shape index (κ1) is 24.7. The minimum absolute atomic E-state index is 0.0209. The van der Waals surface area contributed by atoms with Gasteiger partial charge in [-0.2, -0.15) is 8.42 Å². The molecule has 1 saturated carbocycles. The molecule has 1 fully saturated rings. The van der Waals surface area contributed by atoms with Crippen LogP contribution in [-0.2, 0) is 16.4 Å². The van der Waals surface area contributed by atoms with Crippen molar-refractivity contribution in [1.29, 1.82) is 0 Å². The lowest BCUT2D eigenvalue weighted by Crippen LogP contribution is -2.27. The van der Waals surface area contributed by atoms with Gasteiger partial charge in [0.15, 0.2) is 16.5 Å². The number of anilines is 3. The first-order valence-electron chi connectivity index (χ1n) is 12.5. The topological polar surface area (TPSA) is 126 Å². The Balaban J connectivity index is 1.45. The van der Waals surface area contributed by atoms with E-state index in [0.717, 1.165) is 17.5 Å². The van der Waals surface area contributed by atoms with E-state index in [1.807, 2.05) is 54.6 Å². The van der Waals surface area contributed by atoms with E-state index in [-0.39, 0.29) is 32.1 Å². The highest BCUT2D eigenvalue weighted by atomic mass is 32.2. The Morgan fingerprint density at radius 1 is 0.795 bits per heavy atom. The predicted octanol–water partition coefficient (Wildman–Crippen LogP) is 5.01. The molecule has 2 aliphatic carbocycles. The van der Waals surface area contributed by atoms with Crippen LogP contribution in [0.3, 0.4) is 0 Å². The minimum Gasteiger partial charge on any atom is -0.397 e. The molecule has 0 aliphatic heterocycles. The van der Waals surface area contributed by atoms with Gasteiger partial charge in [-0.25, -0.2) is 0 Å². The molecule has 0 heterocycles. The molecule has 0 aromatic heterocycles. The first-order valence-corrected chi connectivity index (χ1v) is 14.0. The van der Waals surface area contributed by atoms with Crippen LogP contribution in [0.4, 0.5) is 17.1 Å². The van der Waals surface area contributed by atoms with Gasteiger partial charge in [0.2, 0.25) is 6.04 Å². The number of rotatable bonds is 7. The van der Waals surface area contributed by atoms with Gasteiger partial charge in [-0.15, -0.1) is 0 Å². The van der Waals surface area contributed by atoms with E-state index >= 15 is 0 Å². The Morgan fingerprint density at radius 2 is 1.36 bits per heavy atom. The third-order valence-electron chi connectivity index (χ3n) is 7.04. The highest BCUT2D eigenvalue weighted by Crippen LogP contribution is 2.41. The fourth-order valence-corrected chi connectivity index (χ4v) is 6.32. The van der Waals surface area contributed by atoms with Crippen molar-refractivity contribution in [3.8, 4) is 0 Å². The molecule has 8 nitrogen and oxygen atoms in total. The van der Waals surface area contributed by atoms with E-state index in [1.54, 1.807) is 18.2 Å². The van der Waals surface area contributed by atoms with Crippen LogP contribution in [0.1, 0.15) is 55.8 Å². The summed E-state index contributed by atoms with van der Waals surface area (Å²) < 4.78 is 26.6. The SMILES string of the molecule is Nc1c(S(=O)(=O)[N+](=O)C2CC2)cc(Nc2ccc(Cc3ccccc3)cc2)c2c1C(=O)c1ccccc1C2=O. The summed E-state index contributed by atoms with van der Waals surface area (Å²) in [4.78, 5) is 39.3. The first-order chi connectivity index (χ1) is 18.8. The van der Waals surface area contributed by atoms with Gasteiger partial charge < -0.3 is 11.1 Å². The smallest absolute Gasteiger partial charge is 0.397 e. The molecule has 4 aromatic carbocycles. The number of nitrogens with zero attached hydrogens (tertiary/aromatic N) is 1. The molecule has 6 rings (SSSR count). The zero-order valence-electron chi connectivity index (χ0n) is 20.8. The monoisotopic (exact) mass is 538 g/mol. The summed E-state index contributed by atoms with van der Waals surface area (Å²) in [6.45, 7) is 0. The molecule has 0 amide bonds. The second kappa shape index (κ2) is 9.28. The zero-order valence-corrected chi connectivity index (χ0v) is 21.6. The molecular weight excluding hydrogens is 514 g/mol. The average molecular weight is 539 g/mol. The lowest BCUT2D eigenvalue weighted by Gasteiger charge is -2.23. The number of nitrogen functional groups attached to an aromatic ring is 1. The number of nitrogens with one attached hydrogen (secondary N) is 1. The van der Waals surface area contributed by atoms with Crippen molar-refractivity contribution in [1.82, 2.24) is 0 Å². The van der Waals surface area contributed by atoms with Crippen LogP contribution in [0.15, 0.2) is 89.8 Å². The molecule has 0 spiro atoms. The van der Waals surface area contributed by atoms with Crippen molar-refractivity contribution in [2.75, 3.05) is 11.1 Å². The molecule has 0 radical (unpaired) electrons. The minimum atomic E-state index is -4.56. The van der Waals surface area contributed by atoms with E-state index in [9.17, 15) is 22.9 Å². The lowest BCUT2D eigenvalue weighted by molar-refractivity contribution is -0.405. The van der Waals surface area contributed by atoms with E-state index in [1.165, 1.54) is 12.1 Å². The number of sulfonamides is 1. The van der Waals surface area contributed by atoms with Gasteiger partial charge in [0.1, 0.15) is 4.17 Å². The average Bonchev–Trinajstić information content (AvgIpc) is 3.79. The van der Waals surface area contributed by atoms with Crippen LogP contribution >= 0.6 is 0 Å². The number of carbonyl (C=O) groups is 2. The maximum absolute atomic E-state index is 13.6. The normalized spacial score (nSPS) is 14.5. The summed E-state index contributed by atoms with van der Waals surface area (Å²) in [5.41, 5.74) is 8.84. The molecule has 3 N–H and O–H groups in total. The van der Waals surface area contributed by atoms with Crippen LogP contribution in [0.25, 0.3) is 0 Å². The van der Waals surface area contributed by atoms with Crippen molar-refractivity contribution < 1.29 is 22.2 Å². The van der Waals surface area contributed by atoms with E-state index < -0.39 is 38.2 Å². The summed E-state index contributed by atoms with van der Waals surface area (Å²) in [7, 11) is -4.56. The number of hydrogen-bond acceptors (Lipinski definition) is 7. The number of benzene rings is 4. The van der Waals surface area contributed by atoms with Gasteiger partial charge in [-0.1, -0.05) is 66.7 Å². The van der Waals surface area contributed by atoms with Gasteiger partial charge >= 0.3 is 10.0 Å². The number of ketones is 2. The number of hydrogen-bond donors (Lipinski definition) is 2. The second-order valence-electron chi connectivity index (χ2n) is 9.77. The van der Waals surface area contributed by atoms with Crippen LogP contribution in [0.5, 0.6) is 0 Å². The van der Waals surface area contributed by atoms with Crippen molar-refractivity contribution >= 4 is 38.7 Å². The Morgan fingerprint density at radius 3 is 1.97 bits per heavy atom. The van der Waals surface area contributed by atoms with Crippen LogP contribution in [-0.4, -0.2) is 30.2 Å². The Hall–Kier alpha value is -4.63. The molecule has 0 atom stereocenters. The van der Waals surface area contributed by atoms with Gasteiger partial charge in [0, 0.05) is 34.6 Å². The number of fused-ring (bicyclic) bond motifs is 2. The molecular formula is C30H24N3O5S+. The van der Waals surface area contributed by atoms with Crippen molar-refractivity contribution in [2.45, 2.75) is 30.2 Å². The maximum Gasteiger partial charge on any atom is 0.439 e. The molecule has 194 valence electrons. The Bertz CT molecular complexity index is 1780. The van der Waals surface area contributed by atoms with Gasteiger partial charge in [0.05, 0.1) is 22.5 Å². The Kier molecular flexibility index (Phi) is 5.88. The van der Waals surface area contributed by atoms with Crippen LogP contribution in [0.2, 0.25) is 0 Å². The fraction of sp³-hybridized carbons (Fsp3) is 0.133. The quantitative estimate of drug-likeness (QED) is 0.220. The number of nitroso groups, excluding NO2 is 1. The van der Waals surface area contributed by atoms with E-state index in [0.29, 0.717) is 18.5 Å². The van der Waals surface area contributed by atoms with Gasteiger partial charge in [-0.05, 0) is 35.7 Å². The lowest BCUT2D eigenvalue weighted by atomic mass is 9.82. The standard InChI is InChI=1S/C30H23N3O5S/c31-28-25(39(37,38)33(36)21-14-15-21)17-24(26-27(28)30(35)23-9-5-4-8-22(23)29(26)34)32-20-12-10-19(11-13-20)16-18-6-2-1-3-7-18/h1-13,17,21H,14-16H2,(H2-,31,32,34,35)/p+1. The van der Waals surface area contributed by atoms with Gasteiger partial charge in [0.25, 0.3) is 0 Å². The molecule has 0 saturated heterocycles. The second-order valence-corrected chi connectivity index (χ2v) is 11.5. The van der Waals surface area contributed by atoms with E-state index in [2.05, 4.69) is 5.32 Å². The summed E-state index contributed by atoms with van der Waals surface area (Å²) >= 11 is 0. The summed E-state index contributed by atoms with van der Waals surface area (Å²) in [5.74, 6) is -1.03. The van der Waals surface area contributed by atoms with Crippen molar-refractivity contribution in [3.63, 3.8) is 0 Å². The third-order valence-corrected chi connectivity index (χ3v) is 8.71. The number of nitrogens with two attached hydrogens (primary N) is 1. The summed E-state index contributed by atoms with van der Waals surface area (Å²) in [6.07, 6.45) is 1.64. The van der Waals surface area contributed by atoms with Gasteiger partial charge in [-0.3, -0.25) is 9.59 Å². The molecule has 39 heavy (non-hydrogen) atoms. The van der Waals surface area contributed by atoms with Crippen molar-refractivity contribution in [3.05, 3.63) is 123 Å². The molecule has 0 bridgehead atoms. The summed E-state index contributed by atoms with van der Waals surface area (Å²) in [5, 5.41) is 3.11. The molecule has 9 heteroatoms. The van der Waals surface area contributed by atoms with Crippen LogP contribution in [0, 0.1) is 4.91 Å². The summed E-state index contributed by atoms with van der Waals surface area (Å²) in [6, 6.07) is 24.3. The third kappa shape index (κ3) is 4.30. The molecule has 0 unspecified atom stereocenters. The maximum atomic E-state index is 13.6. The zero-order chi connectivity index (χ0) is 27.3. The largest absolute Gasteiger partial charge is 0.439 e. The molecule has 2 aliphatic rings. The fourth-order valence-electron chi connectivity index (χ4n) is 4.88. The Labute approximate surface area is 225 Å². The highest BCUT2D eigenvalue weighted by Gasteiger charge is 2.49. The van der Waals surface area contributed by atoms with Crippen LogP contribution < -0.4 is 11.1 Å². The van der Waals surface area contributed by atoms with Crippen molar-refractivity contribution in [2.24, 2.45) is 0 Å². The molecule has 4 aromatic rings. The number of carbonyl (C=O) groups excluding carboxylic acids is 2. The predicted molar refractivity (Wildman–Crippen MR) is 147 cm³/mol. The van der Waals surface area contributed by atoms with E-state index in [4.69, 9.17) is 5.73 Å². The highest BCUT2D eigenvalue weighted by molar-refractivity contribution is 7.85.